The summed E-state index contributed by atoms with van der Waals surface area (Å²) in [4.78, 5) is 16.9. The van der Waals surface area contributed by atoms with Crippen LogP contribution in [0, 0.1) is 12.8 Å². The molecule has 1 amide bonds. The normalized spacial score (nSPS) is 12.5. The average Bonchev–Trinajstić information content (AvgIpc) is 2.81. The molecule has 1 unspecified atom stereocenters. The van der Waals surface area contributed by atoms with E-state index in [9.17, 15) is 4.79 Å². The molecule has 1 aromatic heterocycles. The van der Waals surface area contributed by atoms with Gasteiger partial charge in [0.2, 0.25) is 0 Å². The first-order valence-electron chi connectivity index (χ1n) is 6.94. The molecule has 4 nitrogen and oxygen atoms in total. The van der Waals surface area contributed by atoms with Crippen molar-refractivity contribution in [2.75, 3.05) is 0 Å². The van der Waals surface area contributed by atoms with Gasteiger partial charge in [0.05, 0.1) is 6.04 Å². The molecule has 1 atom stereocenters. The maximum absolute atomic E-state index is 12.5. The maximum Gasteiger partial charge on any atom is 0.252 e. The lowest BCUT2D eigenvalue weighted by atomic mass is 10.0. The van der Waals surface area contributed by atoms with E-state index >= 15 is 0 Å². The Labute approximate surface area is 130 Å². The van der Waals surface area contributed by atoms with Crippen molar-refractivity contribution < 1.29 is 4.79 Å². The summed E-state index contributed by atoms with van der Waals surface area (Å²) in [6.45, 7) is 6.01. The van der Waals surface area contributed by atoms with E-state index in [1.807, 2.05) is 24.7 Å². The van der Waals surface area contributed by atoms with E-state index in [1.165, 1.54) is 0 Å². The molecule has 5 heteroatoms. The first-order chi connectivity index (χ1) is 9.90. The summed E-state index contributed by atoms with van der Waals surface area (Å²) in [6, 6.07) is 5.14. The summed E-state index contributed by atoms with van der Waals surface area (Å²) in [7, 11) is 1.93. The van der Waals surface area contributed by atoms with Crippen LogP contribution in [-0.4, -0.2) is 15.5 Å². The largest absolute Gasteiger partial charge is 0.342 e. The van der Waals surface area contributed by atoms with Crippen LogP contribution in [0.2, 0.25) is 5.02 Å². The minimum atomic E-state index is -0.132. The highest BCUT2D eigenvalue weighted by atomic mass is 35.5. The Balaban J connectivity index is 2.25. The fraction of sp³-hybridized carbons (Fsp3) is 0.375. The van der Waals surface area contributed by atoms with Gasteiger partial charge in [-0.15, -0.1) is 0 Å². The first kappa shape index (κ1) is 15.6. The van der Waals surface area contributed by atoms with Gasteiger partial charge in [-0.1, -0.05) is 25.4 Å². The number of hydrogen-bond acceptors (Lipinski definition) is 2. The second-order valence-electron chi connectivity index (χ2n) is 5.55. The number of imidazole rings is 1. The SMILES string of the molecule is Cc1cc(Cl)ccc1C(=O)NC(c1nccn1C)C(C)C. The van der Waals surface area contributed by atoms with Gasteiger partial charge in [-0.2, -0.15) is 0 Å². The Morgan fingerprint density at radius 1 is 1.38 bits per heavy atom. The van der Waals surface area contributed by atoms with E-state index in [4.69, 9.17) is 11.6 Å². The number of rotatable bonds is 4. The molecule has 1 heterocycles. The van der Waals surface area contributed by atoms with Crippen LogP contribution in [0.25, 0.3) is 0 Å². The van der Waals surface area contributed by atoms with Gasteiger partial charge in [0.15, 0.2) is 0 Å². The highest BCUT2D eigenvalue weighted by Crippen LogP contribution is 2.21. The molecule has 1 aromatic carbocycles. The number of halogens is 1. The van der Waals surface area contributed by atoms with Crippen LogP contribution < -0.4 is 5.32 Å². The van der Waals surface area contributed by atoms with Crippen LogP contribution in [0.15, 0.2) is 30.6 Å². The van der Waals surface area contributed by atoms with Crippen LogP contribution in [0.3, 0.4) is 0 Å². The number of benzene rings is 1. The second-order valence-corrected chi connectivity index (χ2v) is 5.99. The van der Waals surface area contributed by atoms with Crippen molar-refractivity contribution in [2.45, 2.75) is 26.8 Å². The standard InChI is InChI=1S/C16H20ClN3O/c1-10(2)14(15-18-7-8-20(15)4)19-16(21)13-6-5-12(17)9-11(13)3/h5-10,14H,1-4H3,(H,19,21). The maximum atomic E-state index is 12.5. The lowest BCUT2D eigenvalue weighted by molar-refractivity contribution is 0.0922. The Morgan fingerprint density at radius 3 is 2.62 bits per heavy atom. The second kappa shape index (κ2) is 6.31. The predicted molar refractivity (Wildman–Crippen MR) is 84.4 cm³/mol. The van der Waals surface area contributed by atoms with Gasteiger partial charge in [-0.25, -0.2) is 4.98 Å². The van der Waals surface area contributed by atoms with Crippen molar-refractivity contribution in [1.29, 1.82) is 0 Å². The Hall–Kier alpha value is -1.81. The summed E-state index contributed by atoms with van der Waals surface area (Å²) >= 11 is 5.93. The summed E-state index contributed by atoms with van der Waals surface area (Å²) in [5, 5.41) is 3.70. The summed E-state index contributed by atoms with van der Waals surface area (Å²) in [6.07, 6.45) is 3.62. The molecule has 0 aliphatic carbocycles. The molecule has 21 heavy (non-hydrogen) atoms. The molecule has 0 aliphatic heterocycles. The van der Waals surface area contributed by atoms with Gasteiger partial charge in [0, 0.05) is 30.0 Å². The highest BCUT2D eigenvalue weighted by molar-refractivity contribution is 6.30. The van der Waals surface area contributed by atoms with Gasteiger partial charge in [0.1, 0.15) is 5.82 Å². The summed E-state index contributed by atoms with van der Waals surface area (Å²) < 4.78 is 1.93. The van der Waals surface area contributed by atoms with E-state index < -0.39 is 0 Å². The fourth-order valence-electron chi connectivity index (χ4n) is 2.31. The van der Waals surface area contributed by atoms with Crippen LogP contribution in [0.4, 0.5) is 0 Å². The molecular weight excluding hydrogens is 286 g/mol. The lowest BCUT2D eigenvalue weighted by Crippen LogP contribution is -2.33. The quantitative estimate of drug-likeness (QED) is 0.939. The third-order valence-corrected chi connectivity index (χ3v) is 3.76. The zero-order chi connectivity index (χ0) is 15.6. The zero-order valence-electron chi connectivity index (χ0n) is 12.7. The van der Waals surface area contributed by atoms with Crippen LogP contribution in [-0.2, 0) is 7.05 Å². The number of nitrogens with one attached hydrogen (secondary N) is 1. The molecule has 1 N–H and O–H groups in total. The molecule has 2 aromatic rings. The van der Waals surface area contributed by atoms with Gasteiger partial charge >= 0.3 is 0 Å². The topological polar surface area (TPSA) is 46.9 Å². The number of aryl methyl sites for hydroxylation is 2. The third kappa shape index (κ3) is 3.45. The van der Waals surface area contributed by atoms with Crippen molar-refractivity contribution in [3.63, 3.8) is 0 Å². The molecule has 0 spiro atoms. The molecule has 0 saturated heterocycles. The van der Waals surface area contributed by atoms with Crippen molar-refractivity contribution in [2.24, 2.45) is 13.0 Å². The van der Waals surface area contributed by atoms with Crippen molar-refractivity contribution in [1.82, 2.24) is 14.9 Å². The van der Waals surface area contributed by atoms with E-state index in [0.717, 1.165) is 11.4 Å². The minimum absolute atomic E-state index is 0.106. The predicted octanol–water partition coefficient (Wildman–Crippen LogP) is 3.51. The Morgan fingerprint density at radius 2 is 2.10 bits per heavy atom. The third-order valence-electron chi connectivity index (χ3n) is 3.52. The Bertz CT molecular complexity index is 649. The average molecular weight is 306 g/mol. The van der Waals surface area contributed by atoms with Crippen molar-refractivity contribution >= 4 is 17.5 Å². The molecule has 112 valence electrons. The van der Waals surface area contributed by atoms with Crippen LogP contribution >= 0.6 is 11.6 Å². The van der Waals surface area contributed by atoms with E-state index in [0.29, 0.717) is 10.6 Å². The summed E-state index contributed by atoms with van der Waals surface area (Å²) in [5.41, 5.74) is 1.50. The molecular formula is C16H20ClN3O. The number of carbonyl (C=O) groups excluding carboxylic acids is 1. The van der Waals surface area contributed by atoms with Gasteiger partial charge < -0.3 is 9.88 Å². The molecule has 0 radical (unpaired) electrons. The smallest absolute Gasteiger partial charge is 0.252 e. The fourth-order valence-corrected chi connectivity index (χ4v) is 2.53. The van der Waals surface area contributed by atoms with Gasteiger partial charge in [0.25, 0.3) is 5.91 Å². The number of amides is 1. The molecule has 0 bridgehead atoms. The number of hydrogen-bond donors (Lipinski definition) is 1. The monoisotopic (exact) mass is 305 g/mol. The van der Waals surface area contributed by atoms with E-state index in [-0.39, 0.29) is 17.9 Å². The summed E-state index contributed by atoms with van der Waals surface area (Å²) in [5.74, 6) is 0.985. The van der Waals surface area contributed by atoms with Crippen molar-refractivity contribution in [3.8, 4) is 0 Å². The number of aromatic nitrogens is 2. The molecule has 0 aliphatic rings. The van der Waals surface area contributed by atoms with E-state index in [2.05, 4.69) is 24.1 Å². The van der Waals surface area contributed by atoms with Crippen LogP contribution in [0.1, 0.15) is 41.6 Å². The highest BCUT2D eigenvalue weighted by Gasteiger charge is 2.23. The van der Waals surface area contributed by atoms with E-state index in [1.54, 1.807) is 24.4 Å². The number of carbonyl (C=O) groups is 1. The van der Waals surface area contributed by atoms with Gasteiger partial charge in [-0.05, 0) is 36.6 Å². The zero-order valence-corrected chi connectivity index (χ0v) is 13.5. The van der Waals surface area contributed by atoms with Crippen LogP contribution in [0.5, 0.6) is 0 Å². The van der Waals surface area contributed by atoms with Crippen molar-refractivity contribution in [3.05, 3.63) is 52.6 Å². The number of nitrogens with zero attached hydrogens (tertiary/aromatic N) is 2. The molecule has 0 saturated carbocycles. The lowest BCUT2D eigenvalue weighted by Gasteiger charge is -2.22. The molecule has 0 fully saturated rings. The van der Waals surface area contributed by atoms with Gasteiger partial charge in [-0.3, -0.25) is 4.79 Å². The first-order valence-corrected chi connectivity index (χ1v) is 7.32. The Kier molecular flexibility index (Phi) is 4.68. The molecule has 2 rings (SSSR count). The minimum Gasteiger partial charge on any atom is -0.342 e.